The van der Waals surface area contributed by atoms with E-state index in [9.17, 15) is 13.2 Å². The minimum Gasteiger partial charge on any atom is -0.497 e. The van der Waals surface area contributed by atoms with Crippen molar-refractivity contribution in [2.24, 2.45) is 5.92 Å². The average molecular weight is 423 g/mol. The Morgan fingerprint density at radius 1 is 1.18 bits per heavy atom. The molecule has 6 nitrogen and oxygen atoms in total. The molecule has 0 saturated carbocycles. The number of methoxy groups -OCH3 is 1. The standard InChI is InChI=1S/C20H23ClN2O4S/c1-27-18-8-10-19(11-9-18)28(25,26)23-12-2-3-16(14-23)20(24)22-13-15-4-6-17(21)7-5-15/h4-11,16H,2-3,12-14H2,1H3,(H,22,24)/t16-/m1/s1. The van der Waals surface area contributed by atoms with Crippen LogP contribution in [-0.2, 0) is 21.4 Å². The number of amides is 1. The van der Waals surface area contributed by atoms with Crippen molar-refractivity contribution in [3.8, 4) is 5.75 Å². The molecule has 0 bridgehead atoms. The van der Waals surface area contributed by atoms with Gasteiger partial charge in [0.05, 0.1) is 17.9 Å². The second-order valence-electron chi connectivity index (χ2n) is 6.72. The molecule has 1 aliphatic heterocycles. The summed E-state index contributed by atoms with van der Waals surface area (Å²) in [6, 6.07) is 13.5. The van der Waals surface area contributed by atoms with Gasteiger partial charge in [-0.1, -0.05) is 23.7 Å². The Morgan fingerprint density at radius 2 is 1.86 bits per heavy atom. The zero-order valence-electron chi connectivity index (χ0n) is 15.6. The van der Waals surface area contributed by atoms with Crippen molar-refractivity contribution < 1.29 is 17.9 Å². The van der Waals surface area contributed by atoms with Gasteiger partial charge in [0.2, 0.25) is 15.9 Å². The summed E-state index contributed by atoms with van der Waals surface area (Å²) < 4.78 is 32.3. The molecule has 8 heteroatoms. The molecule has 1 fully saturated rings. The van der Waals surface area contributed by atoms with Crippen LogP contribution in [0.2, 0.25) is 5.02 Å². The maximum Gasteiger partial charge on any atom is 0.243 e. The van der Waals surface area contributed by atoms with Crippen LogP contribution < -0.4 is 10.1 Å². The predicted octanol–water partition coefficient (Wildman–Crippen LogP) is 3.07. The molecule has 0 spiro atoms. The number of ether oxygens (including phenoxy) is 1. The zero-order valence-corrected chi connectivity index (χ0v) is 17.2. The summed E-state index contributed by atoms with van der Waals surface area (Å²) in [7, 11) is -2.11. The smallest absolute Gasteiger partial charge is 0.243 e. The van der Waals surface area contributed by atoms with Crippen molar-refractivity contribution in [3.63, 3.8) is 0 Å². The van der Waals surface area contributed by atoms with Crippen LogP contribution in [0.4, 0.5) is 0 Å². The lowest BCUT2D eigenvalue weighted by atomic mass is 9.99. The van der Waals surface area contributed by atoms with Crippen molar-refractivity contribution >= 4 is 27.5 Å². The number of nitrogens with one attached hydrogen (secondary N) is 1. The number of nitrogens with zero attached hydrogens (tertiary/aromatic N) is 1. The van der Waals surface area contributed by atoms with Crippen molar-refractivity contribution in [1.29, 1.82) is 0 Å². The molecule has 1 aliphatic rings. The van der Waals surface area contributed by atoms with Gasteiger partial charge < -0.3 is 10.1 Å². The largest absolute Gasteiger partial charge is 0.497 e. The van der Waals surface area contributed by atoms with E-state index in [1.54, 1.807) is 24.3 Å². The fourth-order valence-corrected chi connectivity index (χ4v) is 4.86. The van der Waals surface area contributed by atoms with Gasteiger partial charge >= 0.3 is 0 Å². The molecule has 0 aromatic heterocycles. The van der Waals surface area contributed by atoms with Crippen molar-refractivity contribution in [2.45, 2.75) is 24.3 Å². The molecular weight excluding hydrogens is 400 g/mol. The van der Waals surface area contributed by atoms with Crippen LogP contribution in [0, 0.1) is 5.92 Å². The molecule has 0 radical (unpaired) electrons. The first kappa shape index (κ1) is 20.6. The molecule has 2 aromatic rings. The number of rotatable bonds is 6. The third-order valence-electron chi connectivity index (χ3n) is 4.83. The summed E-state index contributed by atoms with van der Waals surface area (Å²) in [5, 5.41) is 3.54. The summed E-state index contributed by atoms with van der Waals surface area (Å²) in [4.78, 5) is 12.8. The highest BCUT2D eigenvalue weighted by Gasteiger charge is 2.33. The average Bonchev–Trinajstić information content (AvgIpc) is 2.73. The van der Waals surface area contributed by atoms with Gasteiger partial charge in [0, 0.05) is 24.7 Å². The fraction of sp³-hybridized carbons (Fsp3) is 0.350. The summed E-state index contributed by atoms with van der Waals surface area (Å²) >= 11 is 5.87. The molecule has 28 heavy (non-hydrogen) atoms. The van der Waals surface area contributed by atoms with Gasteiger partial charge in [0.25, 0.3) is 0 Å². The van der Waals surface area contributed by atoms with Gasteiger partial charge in [0.1, 0.15) is 5.75 Å². The lowest BCUT2D eigenvalue weighted by Crippen LogP contribution is -2.45. The van der Waals surface area contributed by atoms with E-state index >= 15 is 0 Å². The Hall–Kier alpha value is -2.09. The Kier molecular flexibility index (Phi) is 6.59. The normalized spacial score (nSPS) is 17.9. The van der Waals surface area contributed by atoms with Gasteiger partial charge in [-0.2, -0.15) is 4.31 Å². The molecule has 0 aliphatic carbocycles. The van der Waals surface area contributed by atoms with Crippen LogP contribution >= 0.6 is 11.6 Å². The van der Waals surface area contributed by atoms with Gasteiger partial charge in [-0.15, -0.1) is 0 Å². The second kappa shape index (κ2) is 8.94. The highest BCUT2D eigenvalue weighted by atomic mass is 35.5. The van der Waals surface area contributed by atoms with Crippen molar-refractivity contribution in [2.75, 3.05) is 20.2 Å². The van der Waals surface area contributed by atoms with Gasteiger partial charge in [0.15, 0.2) is 0 Å². The molecule has 150 valence electrons. The quantitative estimate of drug-likeness (QED) is 0.776. The summed E-state index contributed by atoms with van der Waals surface area (Å²) in [5.41, 5.74) is 0.941. The van der Waals surface area contributed by atoms with Crippen molar-refractivity contribution in [3.05, 3.63) is 59.1 Å². The number of benzene rings is 2. The SMILES string of the molecule is COc1ccc(S(=O)(=O)N2CCC[C@@H](C(=O)NCc3ccc(Cl)cc3)C2)cc1. The molecule has 1 amide bonds. The fourth-order valence-electron chi connectivity index (χ4n) is 3.21. The number of halogens is 1. The second-order valence-corrected chi connectivity index (χ2v) is 9.10. The summed E-state index contributed by atoms with van der Waals surface area (Å²) in [6.07, 6.45) is 1.31. The van der Waals surface area contributed by atoms with E-state index in [2.05, 4.69) is 5.32 Å². The third-order valence-corrected chi connectivity index (χ3v) is 6.96. The number of sulfonamides is 1. The van der Waals surface area contributed by atoms with Gasteiger partial charge in [-0.05, 0) is 54.8 Å². The van der Waals surface area contributed by atoms with E-state index in [-0.39, 0.29) is 23.3 Å². The maximum absolute atomic E-state index is 12.9. The number of carbonyl (C=O) groups excluding carboxylic acids is 1. The van der Waals surface area contributed by atoms with Crippen LogP contribution in [0.1, 0.15) is 18.4 Å². The lowest BCUT2D eigenvalue weighted by molar-refractivity contribution is -0.126. The van der Waals surface area contributed by atoms with Crippen LogP contribution in [0.5, 0.6) is 5.75 Å². The molecule has 1 atom stereocenters. The number of hydrogen-bond acceptors (Lipinski definition) is 4. The van der Waals surface area contributed by atoms with Crippen molar-refractivity contribution in [1.82, 2.24) is 9.62 Å². The molecule has 1 saturated heterocycles. The van der Waals surface area contributed by atoms with E-state index in [4.69, 9.17) is 16.3 Å². The van der Waals surface area contributed by atoms with Crippen LogP contribution in [-0.4, -0.2) is 38.8 Å². The van der Waals surface area contributed by atoms with Crippen LogP contribution in [0.15, 0.2) is 53.4 Å². The Labute approximate surface area is 170 Å². The highest BCUT2D eigenvalue weighted by molar-refractivity contribution is 7.89. The summed E-state index contributed by atoms with van der Waals surface area (Å²) in [6.45, 7) is 0.980. The van der Waals surface area contributed by atoms with E-state index in [1.807, 2.05) is 12.1 Å². The molecule has 0 unspecified atom stereocenters. The first-order chi connectivity index (χ1) is 13.4. The van der Waals surface area contributed by atoms with Crippen LogP contribution in [0.25, 0.3) is 0 Å². The van der Waals surface area contributed by atoms with E-state index in [1.165, 1.54) is 23.5 Å². The Bertz CT molecular complexity index is 914. The predicted molar refractivity (Wildman–Crippen MR) is 108 cm³/mol. The number of carbonyl (C=O) groups is 1. The number of piperidine rings is 1. The monoisotopic (exact) mass is 422 g/mol. The van der Waals surface area contributed by atoms with Gasteiger partial charge in [-0.25, -0.2) is 8.42 Å². The summed E-state index contributed by atoms with van der Waals surface area (Å²) in [5.74, 6) is 0.0932. The molecular formula is C20H23ClN2O4S. The zero-order chi connectivity index (χ0) is 20.1. The molecule has 2 aromatic carbocycles. The topological polar surface area (TPSA) is 75.7 Å². The minimum absolute atomic E-state index is 0.135. The lowest BCUT2D eigenvalue weighted by Gasteiger charge is -2.31. The molecule has 3 rings (SSSR count). The molecule has 1 heterocycles. The molecule has 1 N–H and O–H groups in total. The first-order valence-corrected chi connectivity index (χ1v) is 10.9. The van der Waals surface area contributed by atoms with E-state index < -0.39 is 10.0 Å². The number of hydrogen-bond donors (Lipinski definition) is 1. The van der Waals surface area contributed by atoms with E-state index in [0.717, 1.165) is 5.56 Å². The Balaban J connectivity index is 1.63. The maximum atomic E-state index is 12.9. The van der Waals surface area contributed by atoms with Crippen LogP contribution in [0.3, 0.4) is 0 Å². The van der Waals surface area contributed by atoms with E-state index in [0.29, 0.717) is 36.7 Å². The third kappa shape index (κ3) is 4.84. The highest BCUT2D eigenvalue weighted by Crippen LogP contribution is 2.25. The first-order valence-electron chi connectivity index (χ1n) is 9.06. The minimum atomic E-state index is -3.64. The Morgan fingerprint density at radius 3 is 2.50 bits per heavy atom. The van der Waals surface area contributed by atoms with Gasteiger partial charge in [-0.3, -0.25) is 4.79 Å².